The molecular formula is C14H21BrN2O. The van der Waals surface area contributed by atoms with Crippen LogP contribution < -0.4 is 15.4 Å². The number of benzene rings is 1. The molecule has 1 unspecified atom stereocenters. The first-order valence-corrected chi connectivity index (χ1v) is 7.27. The normalized spacial score (nSPS) is 16.6. The van der Waals surface area contributed by atoms with Gasteiger partial charge in [0.1, 0.15) is 5.75 Å². The Hall–Kier alpha value is -0.580. The fourth-order valence-corrected chi connectivity index (χ4v) is 2.19. The summed E-state index contributed by atoms with van der Waals surface area (Å²) in [5.74, 6) is 0.930. The number of halogens is 1. The minimum Gasteiger partial charge on any atom is -0.496 e. The van der Waals surface area contributed by atoms with Crippen molar-refractivity contribution >= 4 is 15.9 Å². The Morgan fingerprint density at radius 1 is 1.44 bits per heavy atom. The van der Waals surface area contributed by atoms with E-state index in [4.69, 9.17) is 4.74 Å². The quantitative estimate of drug-likeness (QED) is 0.812. The number of hydrogen-bond donors (Lipinski definition) is 2. The zero-order valence-corrected chi connectivity index (χ0v) is 12.6. The second-order valence-electron chi connectivity index (χ2n) is 4.92. The van der Waals surface area contributed by atoms with Crippen molar-refractivity contribution in [3.05, 3.63) is 28.2 Å². The van der Waals surface area contributed by atoms with E-state index in [-0.39, 0.29) is 0 Å². The smallest absolute Gasteiger partial charge is 0.124 e. The van der Waals surface area contributed by atoms with Gasteiger partial charge in [-0.15, -0.1) is 0 Å². The van der Waals surface area contributed by atoms with Crippen LogP contribution >= 0.6 is 15.9 Å². The Morgan fingerprint density at radius 3 is 2.89 bits per heavy atom. The van der Waals surface area contributed by atoms with Gasteiger partial charge < -0.3 is 15.4 Å². The molecule has 0 aliphatic heterocycles. The topological polar surface area (TPSA) is 33.3 Å². The van der Waals surface area contributed by atoms with Crippen molar-refractivity contribution in [1.82, 2.24) is 10.6 Å². The van der Waals surface area contributed by atoms with E-state index in [1.54, 1.807) is 7.11 Å². The Balaban J connectivity index is 1.80. The lowest BCUT2D eigenvalue weighted by Gasteiger charge is -2.16. The fourth-order valence-electron chi connectivity index (χ4n) is 1.85. The van der Waals surface area contributed by atoms with E-state index in [1.807, 2.05) is 12.1 Å². The van der Waals surface area contributed by atoms with Crippen LogP contribution in [0.3, 0.4) is 0 Å². The molecule has 3 nitrogen and oxygen atoms in total. The second-order valence-corrected chi connectivity index (χ2v) is 5.84. The maximum Gasteiger partial charge on any atom is 0.124 e. The van der Waals surface area contributed by atoms with Crippen molar-refractivity contribution in [3.63, 3.8) is 0 Å². The van der Waals surface area contributed by atoms with Crippen LogP contribution in [0.25, 0.3) is 0 Å². The van der Waals surface area contributed by atoms with Crippen molar-refractivity contribution in [2.24, 2.45) is 0 Å². The van der Waals surface area contributed by atoms with Crippen LogP contribution in [-0.4, -0.2) is 25.7 Å². The highest BCUT2D eigenvalue weighted by molar-refractivity contribution is 9.10. The van der Waals surface area contributed by atoms with E-state index >= 15 is 0 Å². The molecule has 0 radical (unpaired) electrons. The van der Waals surface area contributed by atoms with Crippen molar-refractivity contribution in [2.75, 3.05) is 13.7 Å². The first-order chi connectivity index (χ1) is 8.69. The minimum absolute atomic E-state index is 0.471. The van der Waals surface area contributed by atoms with Gasteiger partial charge in [0.25, 0.3) is 0 Å². The average molecular weight is 313 g/mol. The van der Waals surface area contributed by atoms with Crippen LogP contribution in [0.1, 0.15) is 25.3 Å². The van der Waals surface area contributed by atoms with Gasteiger partial charge in [0, 0.05) is 35.2 Å². The summed E-state index contributed by atoms with van der Waals surface area (Å²) in [5.41, 5.74) is 1.19. The molecule has 1 aliphatic carbocycles. The van der Waals surface area contributed by atoms with Crippen molar-refractivity contribution < 1.29 is 4.74 Å². The molecule has 0 saturated heterocycles. The second kappa shape index (κ2) is 6.55. The highest BCUT2D eigenvalue weighted by Gasteiger charge is 2.20. The molecule has 0 amide bonds. The molecule has 1 aliphatic rings. The molecule has 1 atom stereocenters. The Bertz CT molecular complexity index is 393. The number of nitrogens with one attached hydrogen (secondary N) is 2. The SMILES string of the molecule is COc1cc(Br)ccc1CNC(C)CNC1CC1. The van der Waals surface area contributed by atoms with E-state index in [2.05, 4.69) is 39.6 Å². The maximum absolute atomic E-state index is 5.38. The molecule has 4 heteroatoms. The third-order valence-electron chi connectivity index (χ3n) is 3.18. The van der Waals surface area contributed by atoms with E-state index in [0.717, 1.165) is 29.4 Å². The minimum atomic E-state index is 0.471. The summed E-state index contributed by atoms with van der Waals surface area (Å²) in [6.07, 6.45) is 2.68. The zero-order chi connectivity index (χ0) is 13.0. The van der Waals surface area contributed by atoms with E-state index in [0.29, 0.717) is 6.04 Å². The molecule has 1 saturated carbocycles. The molecular weight excluding hydrogens is 292 g/mol. The Labute approximate surface area is 117 Å². The molecule has 0 heterocycles. The van der Waals surface area contributed by atoms with E-state index < -0.39 is 0 Å². The third-order valence-corrected chi connectivity index (χ3v) is 3.67. The van der Waals surface area contributed by atoms with Gasteiger partial charge in [0.15, 0.2) is 0 Å². The van der Waals surface area contributed by atoms with Crippen LogP contribution in [0.2, 0.25) is 0 Å². The van der Waals surface area contributed by atoms with Gasteiger partial charge in [0.2, 0.25) is 0 Å². The third kappa shape index (κ3) is 4.26. The fraction of sp³-hybridized carbons (Fsp3) is 0.571. The summed E-state index contributed by atoms with van der Waals surface area (Å²) in [7, 11) is 1.71. The van der Waals surface area contributed by atoms with Gasteiger partial charge in [-0.05, 0) is 31.9 Å². The molecule has 1 aromatic rings. The van der Waals surface area contributed by atoms with Gasteiger partial charge in [-0.25, -0.2) is 0 Å². The van der Waals surface area contributed by atoms with Gasteiger partial charge in [-0.2, -0.15) is 0 Å². The molecule has 0 bridgehead atoms. The molecule has 2 rings (SSSR count). The summed E-state index contributed by atoms with van der Waals surface area (Å²) >= 11 is 3.45. The molecule has 0 aromatic heterocycles. The molecule has 1 fully saturated rings. The standard InChI is InChI=1S/C14H21BrN2O/c1-10(8-17-13-5-6-13)16-9-11-3-4-12(15)7-14(11)18-2/h3-4,7,10,13,16-17H,5-6,8-9H2,1-2H3. The average Bonchev–Trinajstić information content (AvgIpc) is 3.18. The molecule has 2 N–H and O–H groups in total. The molecule has 1 aromatic carbocycles. The van der Waals surface area contributed by atoms with Gasteiger partial charge in [0.05, 0.1) is 7.11 Å². The summed E-state index contributed by atoms with van der Waals surface area (Å²) < 4.78 is 6.43. The Morgan fingerprint density at radius 2 is 2.22 bits per heavy atom. The molecule has 18 heavy (non-hydrogen) atoms. The van der Waals surface area contributed by atoms with Crippen molar-refractivity contribution in [3.8, 4) is 5.75 Å². The lowest BCUT2D eigenvalue weighted by Crippen LogP contribution is -2.36. The van der Waals surface area contributed by atoms with Crippen LogP contribution in [-0.2, 0) is 6.54 Å². The predicted molar refractivity (Wildman–Crippen MR) is 78.0 cm³/mol. The highest BCUT2D eigenvalue weighted by atomic mass is 79.9. The lowest BCUT2D eigenvalue weighted by molar-refractivity contribution is 0.404. The van der Waals surface area contributed by atoms with Crippen LogP contribution in [0.15, 0.2) is 22.7 Å². The van der Waals surface area contributed by atoms with Crippen LogP contribution in [0, 0.1) is 0 Å². The van der Waals surface area contributed by atoms with Crippen molar-refractivity contribution in [1.29, 1.82) is 0 Å². The van der Waals surface area contributed by atoms with Gasteiger partial charge in [-0.1, -0.05) is 22.0 Å². The summed E-state index contributed by atoms with van der Waals surface area (Å²) in [6, 6.07) is 7.39. The highest BCUT2D eigenvalue weighted by Crippen LogP contribution is 2.23. The number of hydrogen-bond acceptors (Lipinski definition) is 3. The maximum atomic E-state index is 5.38. The largest absolute Gasteiger partial charge is 0.496 e. The van der Waals surface area contributed by atoms with Crippen molar-refractivity contribution in [2.45, 2.75) is 38.4 Å². The zero-order valence-electron chi connectivity index (χ0n) is 11.0. The van der Waals surface area contributed by atoms with Crippen LogP contribution in [0.5, 0.6) is 5.75 Å². The van der Waals surface area contributed by atoms with E-state index in [9.17, 15) is 0 Å². The first kappa shape index (κ1) is 13.8. The Kier molecular flexibility index (Phi) is 5.03. The molecule has 100 valence electrons. The summed E-state index contributed by atoms with van der Waals surface area (Å²) in [6.45, 7) is 4.08. The number of rotatable bonds is 7. The lowest BCUT2D eigenvalue weighted by atomic mass is 10.2. The summed E-state index contributed by atoms with van der Waals surface area (Å²) in [4.78, 5) is 0. The molecule has 0 spiro atoms. The predicted octanol–water partition coefficient (Wildman–Crippen LogP) is 2.69. The monoisotopic (exact) mass is 312 g/mol. The van der Waals surface area contributed by atoms with Gasteiger partial charge >= 0.3 is 0 Å². The number of methoxy groups -OCH3 is 1. The van der Waals surface area contributed by atoms with E-state index in [1.165, 1.54) is 18.4 Å². The first-order valence-electron chi connectivity index (χ1n) is 6.48. The summed E-state index contributed by atoms with van der Waals surface area (Å²) in [5, 5.41) is 7.05. The number of ether oxygens (including phenoxy) is 1. The van der Waals surface area contributed by atoms with Crippen LogP contribution in [0.4, 0.5) is 0 Å². The van der Waals surface area contributed by atoms with Gasteiger partial charge in [-0.3, -0.25) is 0 Å².